The highest BCUT2D eigenvalue weighted by molar-refractivity contribution is 6.69. The zero-order valence-electron chi connectivity index (χ0n) is 23.4. The lowest BCUT2D eigenvalue weighted by Crippen LogP contribution is -2.56. The van der Waals surface area contributed by atoms with Gasteiger partial charge in [0.15, 0.2) is 0 Å². The molecule has 1 aliphatic rings. The van der Waals surface area contributed by atoms with Gasteiger partial charge in [-0.3, -0.25) is 0 Å². The smallest absolute Gasteiger partial charge is 0.141 e. The van der Waals surface area contributed by atoms with E-state index in [1.165, 1.54) is 66.6 Å². The number of anilines is 3. The Balaban J connectivity index is 1.82. The zero-order valence-corrected chi connectivity index (χ0v) is 23.4. The van der Waals surface area contributed by atoms with E-state index in [-0.39, 0.29) is 5.41 Å². The van der Waals surface area contributed by atoms with Gasteiger partial charge >= 0.3 is 0 Å². The minimum Gasteiger partial charge on any atom is -0.312 e. The summed E-state index contributed by atoms with van der Waals surface area (Å²) in [6.07, 6.45) is 3.29. The molecule has 0 bridgehead atoms. The second kappa shape index (κ2) is 9.56. The van der Waals surface area contributed by atoms with Crippen LogP contribution in [0.2, 0.25) is 0 Å². The summed E-state index contributed by atoms with van der Waals surface area (Å²) in [5.74, 6) is 0.454. The molecule has 178 valence electrons. The lowest BCUT2D eigenvalue weighted by atomic mass is 9.61. The summed E-state index contributed by atoms with van der Waals surface area (Å²) in [6, 6.07) is 26.8. The van der Waals surface area contributed by atoms with Gasteiger partial charge in [0, 0.05) is 22.5 Å². The Morgan fingerprint density at radius 2 is 1.30 bits per heavy atom. The minimum atomic E-state index is -0.167. The molecule has 0 amide bonds. The van der Waals surface area contributed by atoms with Crippen LogP contribution in [0.4, 0.5) is 17.1 Å². The third-order valence-electron chi connectivity index (χ3n) is 9.28. The Hall–Kier alpha value is -3.26. The Kier molecular flexibility index (Phi) is 6.56. The van der Waals surface area contributed by atoms with Gasteiger partial charge in [0.2, 0.25) is 0 Å². The number of rotatable bonds is 6. The summed E-state index contributed by atoms with van der Waals surface area (Å²) in [6.45, 7) is 9.03. The molecule has 5 rings (SSSR count). The van der Waals surface area contributed by atoms with Gasteiger partial charge in [-0.25, -0.2) is 0 Å². The van der Waals surface area contributed by atoms with Crippen LogP contribution in [0.15, 0.2) is 85.5 Å². The van der Waals surface area contributed by atoms with Crippen LogP contribution in [0.3, 0.4) is 0 Å². The molecule has 0 radical (unpaired) electrons. The van der Waals surface area contributed by atoms with Crippen LogP contribution in [0.1, 0.15) is 31.4 Å². The molecule has 37 heavy (non-hydrogen) atoms. The van der Waals surface area contributed by atoms with E-state index < -0.39 is 0 Å². The first kappa shape index (κ1) is 25.4. The zero-order chi connectivity index (χ0) is 26.5. The molecule has 0 aromatic heterocycles. The molecule has 0 fully saturated rings. The van der Waals surface area contributed by atoms with Crippen molar-refractivity contribution in [3.63, 3.8) is 0 Å². The van der Waals surface area contributed by atoms with Crippen molar-refractivity contribution >= 4 is 83.6 Å². The van der Waals surface area contributed by atoms with Crippen LogP contribution >= 0.6 is 0 Å². The maximum Gasteiger partial charge on any atom is 0.141 e. The number of benzene rings is 4. The molecule has 1 nitrogen and oxygen atoms in total. The topological polar surface area (TPSA) is 3.24 Å². The number of hydrogen-bond acceptors (Lipinski definition) is 1. The Morgan fingerprint density at radius 1 is 0.730 bits per heavy atom. The van der Waals surface area contributed by atoms with Crippen molar-refractivity contribution in [2.75, 3.05) is 4.90 Å². The number of allylic oxidation sites excluding steroid dienone is 1. The van der Waals surface area contributed by atoms with E-state index in [9.17, 15) is 0 Å². The summed E-state index contributed by atoms with van der Waals surface area (Å²) in [7, 11) is 11.3. The van der Waals surface area contributed by atoms with Crippen LogP contribution in [-0.4, -0.2) is 39.2 Å². The molecule has 0 heterocycles. The molecule has 6 heteroatoms. The van der Waals surface area contributed by atoms with Gasteiger partial charge in [-0.2, -0.15) is 0 Å². The van der Waals surface area contributed by atoms with Gasteiger partial charge < -0.3 is 4.90 Å². The van der Waals surface area contributed by atoms with Crippen molar-refractivity contribution in [1.29, 1.82) is 0 Å². The number of hydrogen-bond donors (Lipinski definition) is 0. The molecule has 4 aromatic carbocycles. The monoisotopic (exact) mass is 475 g/mol. The Labute approximate surface area is 227 Å². The maximum atomic E-state index is 4.37. The first-order valence-corrected chi connectivity index (χ1v) is 13.6. The van der Waals surface area contributed by atoms with E-state index in [1.54, 1.807) is 0 Å². The fourth-order valence-electron chi connectivity index (χ4n) is 6.55. The fraction of sp³-hybridized carbons (Fsp3) is 0.161. The minimum absolute atomic E-state index is 0.167. The Bertz CT molecular complexity index is 1490. The molecule has 0 saturated heterocycles. The van der Waals surface area contributed by atoms with Crippen molar-refractivity contribution < 1.29 is 0 Å². The number of nitrogens with zero attached hydrogens (tertiary/aromatic N) is 1. The van der Waals surface area contributed by atoms with Crippen molar-refractivity contribution in [3.8, 4) is 11.1 Å². The fourth-order valence-corrected chi connectivity index (χ4v) is 6.55. The lowest BCUT2D eigenvalue weighted by Gasteiger charge is -2.35. The second-order valence-electron chi connectivity index (χ2n) is 10.8. The van der Waals surface area contributed by atoms with E-state index >= 15 is 0 Å². The van der Waals surface area contributed by atoms with Crippen LogP contribution in [0.5, 0.6) is 0 Å². The van der Waals surface area contributed by atoms with Gasteiger partial charge in [-0.1, -0.05) is 96.7 Å². The van der Waals surface area contributed by atoms with Crippen molar-refractivity contribution in [3.05, 3.63) is 96.6 Å². The van der Waals surface area contributed by atoms with E-state index in [1.807, 2.05) is 0 Å². The molecule has 0 spiro atoms. The first-order valence-electron chi connectivity index (χ1n) is 13.6. The summed E-state index contributed by atoms with van der Waals surface area (Å²) >= 11 is 0. The van der Waals surface area contributed by atoms with E-state index in [0.29, 0.717) is 5.92 Å². The number of fused-ring (bicyclic) bond motifs is 3. The molecule has 1 aliphatic carbocycles. The second-order valence-corrected chi connectivity index (χ2v) is 10.8. The van der Waals surface area contributed by atoms with Gasteiger partial charge in [0.05, 0.1) is 0 Å². The van der Waals surface area contributed by atoms with Crippen LogP contribution in [0, 0.1) is 5.92 Å². The van der Waals surface area contributed by atoms with E-state index in [4.69, 9.17) is 0 Å². The molecule has 2 unspecified atom stereocenters. The van der Waals surface area contributed by atoms with Gasteiger partial charge in [-0.05, 0) is 52.4 Å². The van der Waals surface area contributed by atoms with Crippen molar-refractivity contribution in [2.24, 2.45) is 5.92 Å². The summed E-state index contributed by atoms with van der Waals surface area (Å²) in [5.41, 5.74) is 15.7. The van der Waals surface area contributed by atoms with Crippen LogP contribution < -0.4 is 32.2 Å². The average Bonchev–Trinajstić information content (AvgIpc) is 3.23. The quantitative estimate of drug-likeness (QED) is 0.280. The van der Waals surface area contributed by atoms with Crippen LogP contribution in [-0.2, 0) is 5.41 Å². The summed E-state index contributed by atoms with van der Waals surface area (Å²) in [4.78, 5) is 2.46. The third kappa shape index (κ3) is 3.68. The molecular formula is C31H34B5N. The van der Waals surface area contributed by atoms with Gasteiger partial charge in [0.1, 0.15) is 39.2 Å². The Morgan fingerprint density at radius 3 is 1.92 bits per heavy atom. The highest BCUT2D eigenvalue weighted by Crippen LogP contribution is 2.55. The third-order valence-corrected chi connectivity index (χ3v) is 9.28. The largest absolute Gasteiger partial charge is 0.312 e. The SMILES string of the molecule is Bc1c(B)c(B)c(N(c2ccccc2)c2ccc3c(c2)-c2ccccc2C3(C=C)C(C)CC)c(B)c1B. The molecule has 0 N–H and O–H groups in total. The predicted octanol–water partition coefficient (Wildman–Crippen LogP) is -0.0530. The van der Waals surface area contributed by atoms with Gasteiger partial charge in [0.25, 0.3) is 0 Å². The van der Waals surface area contributed by atoms with E-state index in [0.717, 1.165) is 6.42 Å². The molecule has 2 atom stereocenters. The lowest BCUT2D eigenvalue weighted by molar-refractivity contribution is 0.412. The molecular weight excluding hydrogens is 440 g/mol. The normalized spacial score (nSPS) is 16.6. The molecule has 0 aliphatic heterocycles. The first-order chi connectivity index (χ1) is 17.8. The highest BCUT2D eigenvalue weighted by atomic mass is 15.1. The summed E-state index contributed by atoms with van der Waals surface area (Å²) in [5, 5.41) is 0. The maximum absolute atomic E-state index is 4.37. The predicted molar refractivity (Wildman–Crippen MR) is 178 cm³/mol. The standard InChI is InChI=1S/C31H34B5N/c1-4-18(3)31(5-2)23-14-10-9-13-21(23)22-17-20(15-16-24(22)31)37(19-11-7-6-8-12-19)30-28(35)26(33)25(32)27(34)29(30)36/h5-18H,2,4,32-36H2,1,3H3. The van der Waals surface area contributed by atoms with Crippen LogP contribution in [0.25, 0.3) is 11.1 Å². The molecule has 0 saturated carbocycles. The van der Waals surface area contributed by atoms with Gasteiger partial charge in [-0.15, -0.1) is 12.0 Å². The number of para-hydroxylation sites is 1. The summed E-state index contributed by atoms with van der Waals surface area (Å²) < 4.78 is 0. The van der Waals surface area contributed by atoms with Crippen molar-refractivity contribution in [2.45, 2.75) is 25.7 Å². The highest BCUT2D eigenvalue weighted by Gasteiger charge is 2.44. The van der Waals surface area contributed by atoms with E-state index in [2.05, 4.69) is 143 Å². The average molecular weight is 475 g/mol. The molecule has 4 aromatic rings. The van der Waals surface area contributed by atoms with Crippen molar-refractivity contribution in [1.82, 2.24) is 0 Å².